The van der Waals surface area contributed by atoms with Crippen LogP contribution in [0.3, 0.4) is 0 Å². The second kappa shape index (κ2) is 13.1. The maximum Gasteiger partial charge on any atom is 0.222 e. The molecule has 0 aromatic heterocycles. The summed E-state index contributed by atoms with van der Waals surface area (Å²) in [5.74, 6) is 0.596. The van der Waals surface area contributed by atoms with Crippen LogP contribution in [0.5, 0.6) is 5.75 Å². The third kappa shape index (κ3) is 8.06. The summed E-state index contributed by atoms with van der Waals surface area (Å²) in [6, 6.07) is 4.45. The number of aromatic hydroxyl groups is 1. The number of likely N-dealkylation sites (tertiary alicyclic amines) is 1. The van der Waals surface area contributed by atoms with E-state index in [4.69, 9.17) is 5.73 Å². The number of aliphatic hydroxyl groups is 1. The maximum absolute atomic E-state index is 14.3. The zero-order chi connectivity index (χ0) is 28.0. The van der Waals surface area contributed by atoms with Crippen LogP contribution in [-0.2, 0) is 10.5 Å². The number of amides is 1. The number of halogens is 1. The van der Waals surface area contributed by atoms with Gasteiger partial charge < -0.3 is 26.2 Å². The molecule has 0 bridgehead atoms. The Hall–Kier alpha value is -2.38. The van der Waals surface area contributed by atoms with E-state index in [1.54, 1.807) is 12.1 Å². The monoisotopic (exact) mass is 529 g/mol. The highest BCUT2D eigenvalue weighted by Crippen LogP contribution is 2.34. The van der Waals surface area contributed by atoms with E-state index < -0.39 is 11.7 Å². The van der Waals surface area contributed by atoms with Crippen LogP contribution in [0, 0.1) is 5.92 Å². The van der Waals surface area contributed by atoms with E-state index in [2.05, 4.69) is 19.2 Å². The standard InChI is InChI=1S/C31H48FN3O3/c1-6-20(2)27(16-21(3)30(33)26-14-11-23(18-28(26)37)31(4,5)32)34-24-8-7-15-35(19-24)29(38)17-22-9-12-25(36)13-10-22/h11,14,16,18,22,24-25,30,34,36-37H,6-10,12-13,15,17,19,33H2,1-5H3/b21-16-,27-20-. The number of allylic oxidation sites excluding steroid dienone is 2. The Kier molecular flexibility index (Phi) is 10.4. The normalized spacial score (nSPS) is 24.6. The topological polar surface area (TPSA) is 98.8 Å². The highest BCUT2D eigenvalue weighted by Gasteiger charge is 2.28. The highest BCUT2D eigenvalue weighted by molar-refractivity contribution is 5.76. The molecule has 7 heteroatoms. The van der Waals surface area contributed by atoms with Crippen molar-refractivity contribution in [2.75, 3.05) is 13.1 Å². The van der Waals surface area contributed by atoms with Crippen molar-refractivity contribution in [1.29, 1.82) is 0 Å². The summed E-state index contributed by atoms with van der Waals surface area (Å²) in [6.45, 7) is 10.5. The van der Waals surface area contributed by atoms with Gasteiger partial charge in [0.25, 0.3) is 0 Å². The lowest BCUT2D eigenvalue weighted by Crippen LogP contribution is -2.48. The molecule has 1 aromatic rings. The quantitative estimate of drug-likeness (QED) is 0.305. The van der Waals surface area contributed by atoms with Crippen molar-refractivity contribution in [2.24, 2.45) is 11.7 Å². The predicted octanol–water partition coefficient (Wildman–Crippen LogP) is 5.75. The Labute approximate surface area is 228 Å². The van der Waals surface area contributed by atoms with Gasteiger partial charge in [-0.2, -0.15) is 0 Å². The minimum Gasteiger partial charge on any atom is -0.508 e. The van der Waals surface area contributed by atoms with Crippen LogP contribution >= 0.6 is 0 Å². The van der Waals surface area contributed by atoms with Crippen molar-refractivity contribution in [3.8, 4) is 5.75 Å². The number of phenolic OH excluding ortho intramolecular Hbond substituents is 1. The predicted molar refractivity (Wildman–Crippen MR) is 151 cm³/mol. The van der Waals surface area contributed by atoms with Gasteiger partial charge in [0.2, 0.25) is 5.91 Å². The van der Waals surface area contributed by atoms with Gasteiger partial charge in [-0.05, 0) is 96.3 Å². The zero-order valence-electron chi connectivity index (χ0n) is 23.9. The molecule has 0 spiro atoms. The fourth-order valence-corrected chi connectivity index (χ4v) is 5.48. The van der Waals surface area contributed by atoms with Gasteiger partial charge in [-0.3, -0.25) is 4.79 Å². The summed E-state index contributed by atoms with van der Waals surface area (Å²) in [4.78, 5) is 15.1. The number of nitrogens with two attached hydrogens (primary N) is 1. The number of aliphatic hydroxyl groups excluding tert-OH is 1. The summed E-state index contributed by atoms with van der Waals surface area (Å²) in [6.07, 6.45) is 8.70. The van der Waals surface area contributed by atoms with E-state index in [9.17, 15) is 19.4 Å². The number of nitrogens with zero attached hydrogens (tertiary/aromatic N) is 1. The Morgan fingerprint density at radius 3 is 2.53 bits per heavy atom. The number of alkyl halides is 1. The van der Waals surface area contributed by atoms with Gasteiger partial charge in [0.15, 0.2) is 0 Å². The third-order valence-electron chi connectivity index (χ3n) is 8.32. The molecular weight excluding hydrogens is 481 g/mol. The van der Waals surface area contributed by atoms with E-state index in [-0.39, 0.29) is 23.8 Å². The molecule has 1 saturated heterocycles. The number of hydrogen-bond donors (Lipinski definition) is 4. The zero-order valence-corrected chi connectivity index (χ0v) is 23.9. The molecular formula is C31H48FN3O3. The number of carbonyl (C=O) groups excluding carboxylic acids is 1. The van der Waals surface area contributed by atoms with E-state index in [1.165, 1.54) is 25.5 Å². The molecule has 1 aliphatic carbocycles. The van der Waals surface area contributed by atoms with Crippen LogP contribution < -0.4 is 11.1 Å². The van der Waals surface area contributed by atoms with Gasteiger partial charge in [-0.25, -0.2) is 4.39 Å². The third-order valence-corrected chi connectivity index (χ3v) is 8.32. The number of benzene rings is 1. The molecule has 6 nitrogen and oxygen atoms in total. The summed E-state index contributed by atoms with van der Waals surface area (Å²) >= 11 is 0. The van der Waals surface area contributed by atoms with Crippen molar-refractivity contribution >= 4 is 5.91 Å². The smallest absolute Gasteiger partial charge is 0.222 e. The molecule has 2 atom stereocenters. The molecule has 1 amide bonds. The molecule has 3 rings (SSSR count). The maximum atomic E-state index is 14.3. The van der Waals surface area contributed by atoms with Crippen molar-refractivity contribution in [3.05, 3.63) is 52.2 Å². The first-order valence-corrected chi connectivity index (χ1v) is 14.3. The van der Waals surface area contributed by atoms with Crippen molar-refractivity contribution < 1.29 is 19.4 Å². The Morgan fingerprint density at radius 1 is 1.24 bits per heavy atom. The molecule has 38 heavy (non-hydrogen) atoms. The number of nitrogens with one attached hydrogen (secondary N) is 1. The van der Waals surface area contributed by atoms with Gasteiger partial charge in [0.05, 0.1) is 12.1 Å². The summed E-state index contributed by atoms with van der Waals surface area (Å²) in [7, 11) is 0. The number of rotatable bonds is 9. The highest BCUT2D eigenvalue weighted by atomic mass is 19.1. The van der Waals surface area contributed by atoms with Gasteiger partial charge in [0, 0.05) is 36.8 Å². The van der Waals surface area contributed by atoms with Crippen LogP contribution in [0.15, 0.2) is 41.1 Å². The lowest BCUT2D eigenvalue weighted by molar-refractivity contribution is -0.134. The molecule has 2 fully saturated rings. The molecule has 0 radical (unpaired) electrons. The van der Waals surface area contributed by atoms with Crippen molar-refractivity contribution in [2.45, 2.75) is 110 Å². The lowest BCUT2D eigenvalue weighted by Gasteiger charge is -2.36. The Bertz CT molecular complexity index is 1020. The number of piperidine rings is 1. The first kappa shape index (κ1) is 30.2. The number of hydrogen-bond acceptors (Lipinski definition) is 5. The van der Waals surface area contributed by atoms with Crippen LogP contribution in [-0.4, -0.2) is 46.3 Å². The minimum absolute atomic E-state index is 0.00640. The summed E-state index contributed by atoms with van der Waals surface area (Å²) < 4.78 is 14.3. The number of phenols is 1. The second-order valence-corrected chi connectivity index (χ2v) is 11.9. The molecule has 5 N–H and O–H groups in total. The Balaban J connectivity index is 1.68. The molecule has 212 valence electrons. The second-order valence-electron chi connectivity index (χ2n) is 11.9. The Morgan fingerprint density at radius 2 is 1.92 bits per heavy atom. The largest absolute Gasteiger partial charge is 0.508 e. The van der Waals surface area contributed by atoms with Crippen molar-refractivity contribution in [3.63, 3.8) is 0 Å². The van der Waals surface area contributed by atoms with E-state index in [1.807, 2.05) is 17.9 Å². The van der Waals surface area contributed by atoms with Gasteiger partial charge in [0.1, 0.15) is 11.4 Å². The SMILES string of the molecule is CC/C(C)=C(/C=C(/C)C(N)c1ccc(C(C)(C)F)cc1O)NC1CCCN(C(=O)CC2CCC(O)CC2)C1. The minimum atomic E-state index is -1.54. The van der Waals surface area contributed by atoms with Crippen LogP contribution in [0.4, 0.5) is 4.39 Å². The molecule has 2 aliphatic rings. The average Bonchev–Trinajstić information content (AvgIpc) is 2.88. The lowest BCUT2D eigenvalue weighted by atomic mass is 9.85. The fraction of sp³-hybridized carbons (Fsp3) is 0.645. The van der Waals surface area contributed by atoms with Gasteiger partial charge in [-0.15, -0.1) is 0 Å². The molecule has 1 aliphatic heterocycles. The molecule has 1 saturated carbocycles. The summed E-state index contributed by atoms with van der Waals surface area (Å²) in [5.41, 5.74) is 9.04. The first-order valence-electron chi connectivity index (χ1n) is 14.3. The van der Waals surface area contributed by atoms with Gasteiger partial charge >= 0.3 is 0 Å². The van der Waals surface area contributed by atoms with Crippen LogP contribution in [0.2, 0.25) is 0 Å². The number of carbonyl (C=O) groups is 1. The van der Waals surface area contributed by atoms with E-state index >= 15 is 0 Å². The van der Waals surface area contributed by atoms with Gasteiger partial charge in [-0.1, -0.05) is 30.2 Å². The fourth-order valence-electron chi connectivity index (χ4n) is 5.48. The van der Waals surface area contributed by atoms with Crippen LogP contribution in [0.25, 0.3) is 0 Å². The van der Waals surface area contributed by atoms with Crippen LogP contribution in [0.1, 0.15) is 103 Å². The average molecular weight is 530 g/mol. The van der Waals surface area contributed by atoms with Crippen molar-refractivity contribution in [1.82, 2.24) is 10.2 Å². The first-order chi connectivity index (χ1) is 17.9. The molecule has 2 unspecified atom stereocenters. The van der Waals surface area contributed by atoms with E-state index in [0.717, 1.165) is 62.8 Å². The molecule has 1 heterocycles. The molecule has 1 aromatic carbocycles. The summed E-state index contributed by atoms with van der Waals surface area (Å²) in [5, 5.41) is 24.0. The van der Waals surface area contributed by atoms with E-state index in [0.29, 0.717) is 30.0 Å².